The molecular formula is C13H24N2O. The van der Waals surface area contributed by atoms with Crippen LogP contribution < -0.4 is 5.32 Å². The second-order valence-electron chi connectivity index (χ2n) is 5.63. The van der Waals surface area contributed by atoms with Gasteiger partial charge in [0, 0.05) is 25.0 Å². The molecule has 92 valence electrons. The van der Waals surface area contributed by atoms with Crippen LogP contribution in [0.25, 0.3) is 0 Å². The van der Waals surface area contributed by atoms with E-state index in [9.17, 15) is 4.79 Å². The van der Waals surface area contributed by atoms with E-state index in [4.69, 9.17) is 0 Å². The van der Waals surface area contributed by atoms with Gasteiger partial charge in [0.25, 0.3) is 0 Å². The molecule has 0 aromatic carbocycles. The fourth-order valence-electron chi connectivity index (χ4n) is 2.41. The van der Waals surface area contributed by atoms with E-state index in [1.807, 2.05) is 13.8 Å². The third-order valence-corrected chi connectivity index (χ3v) is 3.58. The van der Waals surface area contributed by atoms with Crippen molar-refractivity contribution in [1.82, 2.24) is 10.2 Å². The normalized spacial score (nSPS) is 25.1. The monoisotopic (exact) mass is 224 g/mol. The molecule has 3 heteroatoms. The van der Waals surface area contributed by atoms with Gasteiger partial charge in [-0.3, -0.25) is 4.79 Å². The molecule has 3 nitrogen and oxygen atoms in total. The van der Waals surface area contributed by atoms with Gasteiger partial charge in [-0.05, 0) is 38.1 Å². The molecule has 0 radical (unpaired) electrons. The van der Waals surface area contributed by atoms with Gasteiger partial charge in [-0.15, -0.1) is 0 Å². The molecule has 0 bridgehead atoms. The largest absolute Gasteiger partial charge is 0.341 e. The molecule has 2 fully saturated rings. The van der Waals surface area contributed by atoms with Crippen molar-refractivity contribution >= 4 is 5.91 Å². The Bertz CT molecular complexity index is 242. The molecule has 16 heavy (non-hydrogen) atoms. The van der Waals surface area contributed by atoms with Gasteiger partial charge in [0.1, 0.15) is 0 Å². The topological polar surface area (TPSA) is 32.3 Å². The van der Waals surface area contributed by atoms with Crippen molar-refractivity contribution in [1.29, 1.82) is 0 Å². The van der Waals surface area contributed by atoms with Crippen LogP contribution in [-0.2, 0) is 4.79 Å². The molecule has 0 aromatic heterocycles. The zero-order valence-corrected chi connectivity index (χ0v) is 10.5. The summed E-state index contributed by atoms with van der Waals surface area (Å²) < 4.78 is 0. The van der Waals surface area contributed by atoms with Gasteiger partial charge in [-0.1, -0.05) is 13.8 Å². The SMILES string of the molecule is CC(C)C(=O)N(CC1CC1)CC1CCCN1. The lowest BCUT2D eigenvalue weighted by Gasteiger charge is -2.27. The highest BCUT2D eigenvalue weighted by Gasteiger charge is 2.29. The first-order valence-corrected chi connectivity index (χ1v) is 6.69. The van der Waals surface area contributed by atoms with Crippen LogP contribution in [0.3, 0.4) is 0 Å². The molecule has 2 aliphatic rings. The molecule has 1 saturated heterocycles. The number of hydrogen-bond donors (Lipinski definition) is 1. The van der Waals surface area contributed by atoms with Gasteiger partial charge in [-0.2, -0.15) is 0 Å². The number of rotatable bonds is 5. The number of nitrogens with one attached hydrogen (secondary N) is 1. The van der Waals surface area contributed by atoms with E-state index in [1.54, 1.807) is 0 Å². The Labute approximate surface area is 98.6 Å². The number of hydrogen-bond acceptors (Lipinski definition) is 2. The number of amides is 1. The number of carbonyl (C=O) groups is 1. The van der Waals surface area contributed by atoms with Gasteiger partial charge in [0.15, 0.2) is 0 Å². The van der Waals surface area contributed by atoms with Crippen LogP contribution in [0.5, 0.6) is 0 Å². The van der Waals surface area contributed by atoms with Crippen LogP contribution in [0.2, 0.25) is 0 Å². The van der Waals surface area contributed by atoms with Crippen LogP contribution in [0, 0.1) is 11.8 Å². The predicted octanol–water partition coefficient (Wildman–Crippen LogP) is 1.63. The second-order valence-corrected chi connectivity index (χ2v) is 5.63. The van der Waals surface area contributed by atoms with Gasteiger partial charge in [-0.25, -0.2) is 0 Å². The van der Waals surface area contributed by atoms with E-state index < -0.39 is 0 Å². The van der Waals surface area contributed by atoms with Crippen LogP contribution in [0.1, 0.15) is 39.5 Å². The van der Waals surface area contributed by atoms with Crippen molar-refractivity contribution in [2.24, 2.45) is 11.8 Å². The number of nitrogens with zero attached hydrogens (tertiary/aromatic N) is 1. The molecular weight excluding hydrogens is 200 g/mol. The summed E-state index contributed by atoms with van der Waals surface area (Å²) in [5, 5.41) is 3.48. The lowest BCUT2D eigenvalue weighted by Crippen LogP contribution is -2.43. The first kappa shape index (κ1) is 11.9. The Hall–Kier alpha value is -0.570. The van der Waals surface area contributed by atoms with E-state index in [-0.39, 0.29) is 5.92 Å². The molecule has 1 atom stereocenters. The summed E-state index contributed by atoms with van der Waals surface area (Å²) in [4.78, 5) is 14.2. The fourth-order valence-corrected chi connectivity index (χ4v) is 2.41. The molecule has 1 aliphatic heterocycles. The molecule has 1 N–H and O–H groups in total. The van der Waals surface area contributed by atoms with E-state index in [1.165, 1.54) is 25.7 Å². The Morgan fingerprint density at radius 2 is 2.06 bits per heavy atom. The smallest absolute Gasteiger partial charge is 0.225 e. The lowest BCUT2D eigenvalue weighted by atomic mass is 10.1. The maximum absolute atomic E-state index is 12.1. The van der Waals surface area contributed by atoms with E-state index in [2.05, 4.69) is 10.2 Å². The van der Waals surface area contributed by atoms with Gasteiger partial charge < -0.3 is 10.2 Å². The van der Waals surface area contributed by atoms with Crippen molar-refractivity contribution in [3.05, 3.63) is 0 Å². The third-order valence-electron chi connectivity index (χ3n) is 3.58. The van der Waals surface area contributed by atoms with Gasteiger partial charge in [0.2, 0.25) is 5.91 Å². The summed E-state index contributed by atoms with van der Waals surface area (Å²) in [5.41, 5.74) is 0. The zero-order chi connectivity index (χ0) is 11.5. The molecule has 0 aromatic rings. The minimum Gasteiger partial charge on any atom is -0.341 e. The summed E-state index contributed by atoms with van der Waals surface area (Å²) in [5.74, 6) is 1.27. The van der Waals surface area contributed by atoms with E-state index >= 15 is 0 Å². The van der Waals surface area contributed by atoms with Crippen LogP contribution >= 0.6 is 0 Å². The second kappa shape index (κ2) is 5.17. The van der Waals surface area contributed by atoms with Crippen molar-refractivity contribution in [2.45, 2.75) is 45.6 Å². The van der Waals surface area contributed by atoms with Crippen LogP contribution in [0.15, 0.2) is 0 Å². The highest BCUT2D eigenvalue weighted by Crippen LogP contribution is 2.30. The van der Waals surface area contributed by atoms with Crippen LogP contribution in [0.4, 0.5) is 0 Å². The molecule has 0 spiro atoms. The van der Waals surface area contributed by atoms with Gasteiger partial charge in [0.05, 0.1) is 0 Å². The average molecular weight is 224 g/mol. The maximum atomic E-state index is 12.1. The number of carbonyl (C=O) groups excluding carboxylic acids is 1. The molecule has 1 heterocycles. The fraction of sp³-hybridized carbons (Fsp3) is 0.923. The summed E-state index contributed by atoms with van der Waals surface area (Å²) in [6.07, 6.45) is 5.13. The Morgan fingerprint density at radius 3 is 2.56 bits per heavy atom. The first-order chi connectivity index (χ1) is 7.66. The molecule has 2 rings (SSSR count). The summed E-state index contributed by atoms with van der Waals surface area (Å²) in [6, 6.07) is 0.543. The molecule has 1 unspecified atom stereocenters. The minimum atomic E-state index is 0.139. The molecule has 1 saturated carbocycles. The summed E-state index contributed by atoms with van der Waals surface area (Å²) in [6.45, 7) is 7.05. The average Bonchev–Trinajstić information content (AvgIpc) is 2.91. The standard InChI is InChI=1S/C13H24N2O/c1-10(2)13(16)15(8-11-5-6-11)9-12-4-3-7-14-12/h10-12,14H,3-9H2,1-2H3. The predicted molar refractivity (Wildman–Crippen MR) is 65.2 cm³/mol. The zero-order valence-electron chi connectivity index (χ0n) is 10.5. The Kier molecular flexibility index (Phi) is 3.85. The Balaban J connectivity index is 1.87. The van der Waals surface area contributed by atoms with Gasteiger partial charge >= 0.3 is 0 Å². The van der Waals surface area contributed by atoms with Crippen molar-refractivity contribution < 1.29 is 4.79 Å². The van der Waals surface area contributed by atoms with Crippen LogP contribution in [-0.4, -0.2) is 36.5 Å². The van der Waals surface area contributed by atoms with Crippen molar-refractivity contribution in [2.75, 3.05) is 19.6 Å². The third kappa shape index (κ3) is 3.21. The quantitative estimate of drug-likeness (QED) is 0.770. The summed E-state index contributed by atoms with van der Waals surface area (Å²) >= 11 is 0. The van der Waals surface area contributed by atoms with Crippen molar-refractivity contribution in [3.63, 3.8) is 0 Å². The maximum Gasteiger partial charge on any atom is 0.225 e. The molecule has 1 amide bonds. The highest BCUT2D eigenvalue weighted by atomic mass is 16.2. The minimum absolute atomic E-state index is 0.139. The highest BCUT2D eigenvalue weighted by molar-refractivity contribution is 5.78. The summed E-state index contributed by atoms with van der Waals surface area (Å²) in [7, 11) is 0. The first-order valence-electron chi connectivity index (χ1n) is 6.69. The molecule has 1 aliphatic carbocycles. The Morgan fingerprint density at radius 1 is 1.31 bits per heavy atom. The van der Waals surface area contributed by atoms with E-state index in [0.29, 0.717) is 11.9 Å². The van der Waals surface area contributed by atoms with E-state index in [0.717, 1.165) is 25.6 Å². The van der Waals surface area contributed by atoms with Crippen molar-refractivity contribution in [3.8, 4) is 0 Å². The lowest BCUT2D eigenvalue weighted by molar-refractivity contribution is -0.135.